The molecule has 0 radical (unpaired) electrons. The molecule has 1 unspecified atom stereocenters. The molecule has 1 amide bonds. The third-order valence-electron chi connectivity index (χ3n) is 1.49. The molecule has 1 atom stereocenters. The Bertz CT molecular complexity index is 312. The standard InChI is InChI=1S/C7H5N3O/c11-7-6-5(1-2-10-7)8-3-4-9-6/h1-4,6H. The van der Waals surface area contributed by atoms with Crippen LogP contribution < -0.4 is 0 Å². The summed E-state index contributed by atoms with van der Waals surface area (Å²) < 4.78 is 0. The first-order valence-electron chi connectivity index (χ1n) is 3.22. The molecule has 2 rings (SSSR count). The number of dihydropyridines is 1. The Morgan fingerprint density at radius 1 is 1.18 bits per heavy atom. The van der Waals surface area contributed by atoms with Crippen LogP contribution in [0.1, 0.15) is 0 Å². The van der Waals surface area contributed by atoms with Gasteiger partial charge >= 0.3 is 0 Å². The van der Waals surface area contributed by atoms with E-state index in [2.05, 4.69) is 15.0 Å². The van der Waals surface area contributed by atoms with E-state index in [1.165, 1.54) is 12.4 Å². The van der Waals surface area contributed by atoms with Crippen LogP contribution in [0, 0.1) is 0 Å². The van der Waals surface area contributed by atoms with Crippen LogP contribution in [0.5, 0.6) is 0 Å². The normalized spacial score (nSPS) is 26.7. The van der Waals surface area contributed by atoms with E-state index in [1.807, 2.05) is 0 Å². The van der Waals surface area contributed by atoms with Crippen molar-refractivity contribution < 1.29 is 4.79 Å². The maximum Gasteiger partial charge on any atom is 0.276 e. The second-order valence-electron chi connectivity index (χ2n) is 2.19. The second-order valence-corrected chi connectivity index (χ2v) is 2.19. The van der Waals surface area contributed by atoms with Crippen molar-refractivity contribution >= 4 is 24.6 Å². The van der Waals surface area contributed by atoms with Gasteiger partial charge in [0.25, 0.3) is 5.91 Å². The summed E-state index contributed by atoms with van der Waals surface area (Å²) in [6.07, 6.45) is 6.22. The fourth-order valence-corrected chi connectivity index (χ4v) is 0.973. The lowest BCUT2D eigenvalue weighted by Crippen LogP contribution is -2.23. The van der Waals surface area contributed by atoms with Gasteiger partial charge in [0.15, 0.2) is 6.04 Å². The largest absolute Gasteiger partial charge is 0.276 e. The number of hydrogen-bond donors (Lipinski definition) is 0. The molecule has 54 valence electrons. The zero-order valence-electron chi connectivity index (χ0n) is 5.64. The molecule has 4 heteroatoms. The molecule has 0 aromatic heterocycles. The van der Waals surface area contributed by atoms with Crippen LogP contribution in [-0.4, -0.2) is 30.6 Å². The summed E-state index contributed by atoms with van der Waals surface area (Å²) in [5.41, 5.74) is 0.674. The number of hydrogen-bond acceptors (Lipinski definition) is 3. The van der Waals surface area contributed by atoms with Gasteiger partial charge in [-0.15, -0.1) is 0 Å². The quantitative estimate of drug-likeness (QED) is 0.476. The van der Waals surface area contributed by atoms with Crippen molar-refractivity contribution in [1.82, 2.24) is 0 Å². The Balaban J connectivity index is 2.43. The zero-order chi connectivity index (χ0) is 7.68. The van der Waals surface area contributed by atoms with E-state index in [9.17, 15) is 4.79 Å². The molecule has 0 aromatic rings. The molecule has 4 nitrogen and oxygen atoms in total. The minimum atomic E-state index is -0.481. The van der Waals surface area contributed by atoms with Crippen molar-refractivity contribution in [2.75, 3.05) is 0 Å². The highest BCUT2D eigenvalue weighted by atomic mass is 16.1. The predicted molar refractivity (Wildman–Crippen MR) is 42.4 cm³/mol. The summed E-state index contributed by atoms with van der Waals surface area (Å²) in [7, 11) is 0. The summed E-state index contributed by atoms with van der Waals surface area (Å²) in [4.78, 5) is 22.5. The van der Waals surface area contributed by atoms with Crippen molar-refractivity contribution in [2.24, 2.45) is 15.0 Å². The zero-order valence-corrected chi connectivity index (χ0v) is 5.64. The van der Waals surface area contributed by atoms with Crippen LogP contribution >= 0.6 is 0 Å². The Morgan fingerprint density at radius 3 is 2.91 bits per heavy atom. The number of amides is 1. The van der Waals surface area contributed by atoms with Crippen LogP contribution in [0.25, 0.3) is 0 Å². The van der Waals surface area contributed by atoms with Crippen LogP contribution in [0.4, 0.5) is 0 Å². The molecule has 0 N–H and O–H groups in total. The molecule has 0 fully saturated rings. The van der Waals surface area contributed by atoms with E-state index in [4.69, 9.17) is 0 Å². The molecular weight excluding hydrogens is 142 g/mol. The molecular formula is C7H5N3O. The van der Waals surface area contributed by atoms with Gasteiger partial charge in [-0.25, -0.2) is 4.99 Å². The fraction of sp³-hybridized carbons (Fsp3) is 0.143. The molecule has 2 aliphatic rings. The molecule has 2 heterocycles. The van der Waals surface area contributed by atoms with E-state index in [1.54, 1.807) is 12.3 Å². The lowest BCUT2D eigenvalue weighted by Gasteiger charge is -2.13. The third-order valence-corrected chi connectivity index (χ3v) is 1.49. The Labute approximate surface area is 63.1 Å². The van der Waals surface area contributed by atoms with Crippen LogP contribution in [-0.2, 0) is 4.79 Å². The SMILES string of the molecule is O=C1N=CC=C2N=CC=NC12. The topological polar surface area (TPSA) is 54.1 Å². The lowest BCUT2D eigenvalue weighted by molar-refractivity contribution is -0.118. The van der Waals surface area contributed by atoms with Gasteiger partial charge in [0.2, 0.25) is 0 Å². The van der Waals surface area contributed by atoms with Gasteiger partial charge < -0.3 is 0 Å². The van der Waals surface area contributed by atoms with Crippen molar-refractivity contribution in [3.63, 3.8) is 0 Å². The molecule has 0 saturated heterocycles. The first-order valence-corrected chi connectivity index (χ1v) is 3.22. The molecule has 0 spiro atoms. The number of carbonyl (C=O) groups excluding carboxylic acids is 1. The van der Waals surface area contributed by atoms with Gasteiger partial charge in [-0.05, 0) is 6.08 Å². The molecule has 0 aromatic carbocycles. The van der Waals surface area contributed by atoms with Gasteiger partial charge in [0, 0.05) is 18.6 Å². The summed E-state index contributed by atoms with van der Waals surface area (Å²) in [6, 6.07) is -0.481. The van der Waals surface area contributed by atoms with E-state index in [-0.39, 0.29) is 5.91 Å². The maximum atomic E-state index is 11.0. The van der Waals surface area contributed by atoms with E-state index >= 15 is 0 Å². The number of rotatable bonds is 0. The average molecular weight is 147 g/mol. The summed E-state index contributed by atoms with van der Waals surface area (Å²) in [5.74, 6) is -0.240. The fourth-order valence-electron chi connectivity index (χ4n) is 0.973. The van der Waals surface area contributed by atoms with Crippen LogP contribution in [0.3, 0.4) is 0 Å². The molecule has 11 heavy (non-hydrogen) atoms. The van der Waals surface area contributed by atoms with E-state index in [0.29, 0.717) is 5.70 Å². The number of nitrogens with zero attached hydrogens (tertiary/aromatic N) is 3. The van der Waals surface area contributed by atoms with Crippen molar-refractivity contribution in [3.05, 3.63) is 11.8 Å². The average Bonchev–Trinajstić information content (AvgIpc) is 2.06. The Morgan fingerprint density at radius 2 is 2.09 bits per heavy atom. The van der Waals surface area contributed by atoms with E-state index in [0.717, 1.165) is 0 Å². The van der Waals surface area contributed by atoms with Gasteiger partial charge in [0.1, 0.15) is 0 Å². The highest BCUT2D eigenvalue weighted by Crippen LogP contribution is 2.14. The molecule has 0 aliphatic carbocycles. The molecule has 2 aliphatic heterocycles. The van der Waals surface area contributed by atoms with Gasteiger partial charge in [0.05, 0.1) is 5.70 Å². The summed E-state index contributed by atoms with van der Waals surface area (Å²) in [6.45, 7) is 0. The minimum absolute atomic E-state index is 0.240. The Hall–Kier alpha value is -1.58. The van der Waals surface area contributed by atoms with Crippen molar-refractivity contribution in [3.8, 4) is 0 Å². The molecule has 0 bridgehead atoms. The second kappa shape index (κ2) is 2.23. The van der Waals surface area contributed by atoms with Crippen LogP contribution in [0.2, 0.25) is 0 Å². The number of fused-ring (bicyclic) bond motifs is 1. The monoisotopic (exact) mass is 147 g/mol. The Kier molecular flexibility index (Phi) is 1.25. The number of allylic oxidation sites excluding steroid dienone is 1. The maximum absolute atomic E-state index is 11.0. The van der Waals surface area contributed by atoms with Crippen molar-refractivity contribution in [2.45, 2.75) is 6.04 Å². The highest BCUT2D eigenvalue weighted by Gasteiger charge is 2.23. The van der Waals surface area contributed by atoms with Gasteiger partial charge in [-0.3, -0.25) is 14.8 Å². The first-order chi connectivity index (χ1) is 5.38. The van der Waals surface area contributed by atoms with Crippen molar-refractivity contribution in [1.29, 1.82) is 0 Å². The highest BCUT2D eigenvalue weighted by molar-refractivity contribution is 6.18. The predicted octanol–water partition coefficient (Wildman–Crippen LogP) is 0.00510. The molecule has 0 saturated carbocycles. The minimum Gasteiger partial charge on any atom is -0.272 e. The number of carbonyl (C=O) groups is 1. The van der Waals surface area contributed by atoms with Crippen LogP contribution in [0.15, 0.2) is 26.8 Å². The lowest BCUT2D eigenvalue weighted by atomic mass is 10.1. The smallest absolute Gasteiger partial charge is 0.272 e. The van der Waals surface area contributed by atoms with Gasteiger partial charge in [-0.1, -0.05) is 0 Å². The first kappa shape index (κ1) is 6.15. The number of aliphatic imine (C=N–C) groups is 3. The summed E-state index contributed by atoms with van der Waals surface area (Å²) >= 11 is 0. The summed E-state index contributed by atoms with van der Waals surface area (Å²) in [5, 5.41) is 0. The van der Waals surface area contributed by atoms with E-state index < -0.39 is 6.04 Å². The third kappa shape index (κ3) is 0.920. The van der Waals surface area contributed by atoms with Gasteiger partial charge in [-0.2, -0.15) is 0 Å².